The summed E-state index contributed by atoms with van der Waals surface area (Å²) in [6.07, 6.45) is 10.8. The van der Waals surface area contributed by atoms with Crippen molar-refractivity contribution in [3.8, 4) is 12.3 Å². The topological polar surface area (TPSA) is 83.5 Å². The molecule has 0 saturated carbocycles. The standard InChI is InChI=1S/C23H26FN5O2S/c1-5-6-11-22(31-4)32-16-21(26-2)27-29-13-12-17(14-20(29)25)23(30)28(3)15-18-9-7-8-10-19(18)24/h1,7-12,14H,2,6,13,15-16,25H2,3-4H3/b22-11-,27-21-. The third-order valence-corrected chi connectivity index (χ3v) is 5.41. The van der Waals surface area contributed by atoms with Crippen molar-refractivity contribution in [2.45, 2.75) is 13.0 Å². The van der Waals surface area contributed by atoms with E-state index in [4.69, 9.17) is 16.9 Å². The highest BCUT2D eigenvalue weighted by Gasteiger charge is 2.20. The third kappa shape index (κ3) is 7.03. The molecule has 1 heterocycles. The summed E-state index contributed by atoms with van der Waals surface area (Å²) in [6.45, 7) is 3.98. The number of halogens is 1. The summed E-state index contributed by atoms with van der Waals surface area (Å²) in [5.74, 6) is 3.03. The SMILES string of the molecule is C#CC/C=C(/OC)SC/C(N=C)=N/N1CC=C(C(=O)N(C)Cc2ccccc2F)C=C1N. The van der Waals surface area contributed by atoms with E-state index < -0.39 is 0 Å². The molecule has 0 atom stereocenters. The predicted molar refractivity (Wildman–Crippen MR) is 128 cm³/mol. The highest BCUT2D eigenvalue weighted by molar-refractivity contribution is 8.03. The van der Waals surface area contributed by atoms with Crippen molar-refractivity contribution < 1.29 is 13.9 Å². The van der Waals surface area contributed by atoms with E-state index in [0.717, 1.165) is 0 Å². The summed E-state index contributed by atoms with van der Waals surface area (Å²) in [5, 5.41) is 6.59. The molecule has 1 aromatic rings. The van der Waals surface area contributed by atoms with Crippen molar-refractivity contribution >= 4 is 30.2 Å². The van der Waals surface area contributed by atoms with Gasteiger partial charge in [0.15, 0.2) is 5.84 Å². The second kappa shape index (κ2) is 12.4. The summed E-state index contributed by atoms with van der Waals surface area (Å²) in [7, 11) is 3.17. The van der Waals surface area contributed by atoms with Crippen LogP contribution in [0.3, 0.4) is 0 Å². The number of methoxy groups -OCH3 is 1. The monoisotopic (exact) mass is 455 g/mol. The fourth-order valence-corrected chi connectivity index (χ4v) is 3.47. The lowest BCUT2D eigenvalue weighted by Gasteiger charge is -2.25. The second-order valence-corrected chi connectivity index (χ2v) is 7.64. The number of nitrogens with zero attached hydrogens (tertiary/aromatic N) is 4. The molecule has 1 aromatic carbocycles. The van der Waals surface area contributed by atoms with Gasteiger partial charge in [-0.2, -0.15) is 5.10 Å². The Morgan fingerprint density at radius 2 is 2.25 bits per heavy atom. The first-order valence-electron chi connectivity index (χ1n) is 9.68. The van der Waals surface area contributed by atoms with Crippen molar-refractivity contribution in [2.75, 3.05) is 26.5 Å². The van der Waals surface area contributed by atoms with Crippen molar-refractivity contribution in [3.63, 3.8) is 0 Å². The number of amidine groups is 1. The van der Waals surface area contributed by atoms with E-state index >= 15 is 0 Å². The highest BCUT2D eigenvalue weighted by atomic mass is 32.2. The number of thioether (sulfide) groups is 1. The number of nitrogens with two attached hydrogens (primary N) is 1. The predicted octanol–water partition coefficient (Wildman–Crippen LogP) is 3.08. The van der Waals surface area contributed by atoms with Crippen LogP contribution < -0.4 is 5.73 Å². The Bertz CT molecular complexity index is 1010. The molecule has 1 aliphatic rings. The molecule has 7 nitrogen and oxygen atoms in total. The minimum Gasteiger partial charge on any atom is -0.491 e. The highest BCUT2D eigenvalue weighted by Crippen LogP contribution is 2.19. The van der Waals surface area contributed by atoms with Crippen molar-refractivity contribution in [1.29, 1.82) is 0 Å². The quantitative estimate of drug-likeness (QED) is 0.268. The van der Waals surface area contributed by atoms with E-state index in [1.807, 2.05) is 0 Å². The number of hydrogen-bond donors (Lipinski definition) is 1. The zero-order chi connectivity index (χ0) is 23.5. The molecule has 0 bridgehead atoms. The molecule has 0 spiro atoms. The molecule has 1 aliphatic heterocycles. The van der Waals surface area contributed by atoms with E-state index in [1.54, 1.807) is 44.5 Å². The molecule has 168 valence electrons. The van der Waals surface area contributed by atoms with Crippen LogP contribution in [0.25, 0.3) is 0 Å². The molecular weight excluding hydrogens is 429 g/mol. The summed E-state index contributed by atoms with van der Waals surface area (Å²) in [4.78, 5) is 18.1. The molecule has 0 radical (unpaired) electrons. The van der Waals surface area contributed by atoms with E-state index in [9.17, 15) is 9.18 Å². The Kier molecular flexibility index (Phi) is 9.57. The van der Waals surface area contributed by atoms with Crippen LogP contribution in [-0.4, -0.2) is 54.8 Å². The van der Waals surface area contributed by atoms with Gasteiger partial charge in [-0.25, -0.2) is 14.4 Å². The number of allylic oxidation sites excluding steroid dienone is 1. The van der Waals surface area contributed by atoms with Gasteiger partial charge in [-0.05, 0) is 24.9 Å². The van der Waals surface area contributed by atoms with Crippen LogP contribution >= 0.6 is 11.8 Å². The molecule has 0 saturated heterocycles. The Morgan fingerprint density at radius 3 is 2.88 bits per heavy atom. The van der Waals surface area contributed by atoms with Gasteiger partial charge in [0, 0.05) is 31.1 Å². The largest absolute Gasteiger partial charge is 0.491 e. The molecule has 2 rings (SSSR count). The van der Waals surface area contributed by atoms with Crippen LogP contribution in [0.1, 0.15) is 12.0 Å². The van der Waals surface area contributed by atoms with Gasteiger partial charge in [0.05, 0.1) is 19.4 Å². The Labute approximate surface area is 192 Å². The fraction of sp³-hybridized carbons (Fsp3) is 0.261. The van der Waals surface area contributed by atoms with Crippen LogP contribution in [0.5, 0.6) is 0 Å². The number of hydrazone groups is 1. The van der Waals surface area contributed by atoms with Crippen molar-refractivity contribution in [2.24, 2.45) is 15.8 Å². The van der Waals surface area contributed by atoms with Gasteiger partial charge in [0.2, 0.25) is 0 Å². The molecule has 0 unspecified atom stereocenters. The molecule has 0 aliphatic carbocycles. The van der Waals surface area contributed by atoms with Crippen molar-refractivity contribution in [3.05, 3.63) is 70.4 Å². The van der Waals surface area contributed by atoms with Crippen LogP contribution in [-0.2, 0) is 16.1 Å². The van der Waals surface area contributed by atoms with E-state index in [-0.39, 0.29) is 30.6 Å². The first kappa shape index (κ1) is 24.8. The van der Waals surface area contributed by atoms with Crippen LogP contribution in [0, 0.1) is 18.2 Å². The molecule has 32 heavy (non-hydrogen) atoms. The minimum absolute atomic E-state index is 0.148. The molecule has 2 N–H and O–H groups in total. The average Bonchev–Trinajstić information content (AvgIpc) is 2.80. The summed E-state index contributed by atoms with van der Waals surface area (Å²) < 4.78 is 19.1. The van der Waals surface area contributed by atoms with Crippen LogP contribution in [0.2, 0.25) is 0 Å². The summed E-state index contributed by atoms with van der Waals surface area (Å²) in [5.41, 5.74) is 6.97. The van der Waals surface area contributed by atoms with Gasteiger partial charge in [-0.3, -0.25) is 4.79 Å². The normalized spacial score (nSPS) is 14.2. The zero-order valence-corrected chi connectivity index (χ0v) is 18.9. The lowest BCUT2D eigenvalue weighted by Crippen LogP contribution is -2.32. The zero-order valence-electron chi connectivity index (χ0n) is 18.1. The Morgan fingerprint density at radius 1 is 1.50 bits per heavy atom. The smallest absolute Gasteiger partial charge is 0.253 e. The molecular formula is C23H26FN5O2S. The number of benzene rings is 1. The van der Waals surface area contributed by atoms with E-state index in [1.165, 1.54) is 33.8 Å². The van der Waals surface area contributed by atoms with E-state index in [2.05, 4.69) is 22.7 Å². The number of amides is 1. The number of aliphatic imine (C=N–C) groups is 1. The molecule has 1 amide bonds. The second-order valence-electron chi connectivity index (χ2n) is 6.66. The van der Waals surface area contributed by atoms with Crippen molar-refractivity contribution in [1.82, 2.24) is 9.91 Å². The number of hydrogen-bond acceptors (Lipinski definition) is 6. The number of ether oxygens (including phenoxy) is 1. The molecule has 0 aromatic heterocycles. The number of terminal acetylenes is 1. The maximum atomic E-state index is 13.9. The van der Waals surface area contributed by atoms with Crippen LogP contribution in [0.15, 0.2) is 69.1 Å². The number of likely N-dealkylation sites (N-methyl/N-ethyl adjacent to an activating group) is 1. The first-order chi connectivity index (χ1) is 15.4. The van der Waals surface area contributed by atoms with Gasteiger partial charge < -0.3 is 15.4 Å². The van der Waals surface area contributed by atoms with Gasteiger partial charge in [0.25, 0.3) is 5.91 Å². The third-order valence-electron chi connectivity index (χ3n) is 4.39. The maximum Gasteiger partial charge on any atom is 0.253 e. The minimum atomic E-state index is -0.353. The molecule has 9 heteroatoms. The lowest BCUT2D eigenvalue weighted by atomic mass is 10.1. The summed E-state index contributed by atoms with van der Waals surface area (Å²) >= 11 is 1.38. The Balaban J connectivity index is 2.02. The average molecular weight is 456 g/mol. The number of carbonyl (C=O) groups is 1. The number of carbonyl (C=O) groups excluding carboxylic acids is 1. The van der Waals surface area contributed by atoms with Gasteiger partial charge >= 0.3 is 0 Å². The Hall–Kier alpha value is -3.51. The van der Waals surface area contributed by atoms with Crippen LogP contribution in [0.4, 0.5) is 4.39 Å². The maximum absolute atomic E-state index is 13.9. The van der Waals surface area contributed by atoms with Gasteiger partial charge in [0.1, 0.15) is 16.7 Å². The van der Waals surface area contributed by atoms with E-state index in [0.29, 0.717) is 34.2 Å². The number of rotatable bonds is 9. The summed E-state index contributed by atoms with van der Waals surface area (Å²) in [6, 6.07) is 6.35. The molecule has 0 fully saturated rings. The lowest BCUT2D eigenvalue weighted by molar-refractivity contribution is -0.126. The fourth-order valence-electron chi connectivity index (χ4n) is 2.73. The van der Waals surface area contributed by atoms with Gasteiger partial charge in [-0.15, -0.1) is 12.3 Å². The first-order valence-corrected chi connectivity index (χ1v) is 10.7. The van der Waals surface area contributed by atoms with Gasteiger partial charge in [-0.1, -0.05) is 36.0 Å².